The molecule has 1 rings (SSSR count). The van der Waals surface area contributed by atoms with Gasteiger partial charge in [0.25, 0.3) is 10.1 Å². The van der Waals surface area contributed by atoms with E-state index in [1.807, 2.05) is 0 Å². The van der Waals surface area contributed by atoms with Crippen molar-refractivity contribution in [1.29, 1.82) is 0 Å². The lowest BCUT2D eigenvalue weighted by atomic mass is 10.1. The van der Waals surface area contributed by atoms with Crippen LogP contribution in [0.3, 0.4) is 0 Å². The van der Waals surface area contributed by atoms with Crippen LogP contribution in [0.5, 0.6) is 0 Å². The van der Waals surface area contributed by atoms with Gasteiger partial charge >= 0.3 is 0 Å². The third-order valence-corrected chi connectivity index (χ3v) is 2.71. The molecule has 0 aliphatic carbocycles. The second-order valence-electron chi connectivity index (χ2n) is 3.41. The van der Waals surface area contributed by atoms with E-state index in [1.165, 1.54) is 6.92 Å². The highest BCUT2D eigenvalue weighted by Crippen LogP contribution is 2.14. The molecule has 1 unspecified atom stereocenters. The Balaban J connectivity index is 2.92. The molecule has 1 atom stereocenters. The van der Waals surface area contributed by atoms with Gasteiger partial charge < -0.3 is 5.32 Å². The minimum atomic E-state index is -4.13. The van der Waals surface area contributed by atoms with Gasteiger partial charge in [-0.25, -0.2) is 0 Å². The van der Waals surface area contributed by atoms with E-state index in [0.29, 0.717) is 5.56 Å². The van der Waals surface area contributed by atoms with Crippen molar-refractivity contribution in [3.8, 4) is 0 Å². The molecule has 0 fully saturated rings. The lowest BCUT2D eigenvalue weighted by Gasteiger charge is -2.16. The molecule has 1 amide bonds. The minimum Gasteiger partial charge on any atom is -0.348 e. The first-order valence-corrected chi connectivity index (χ1v) is 6.26. The highest BCUT2D eigenvalue weighted by Gasteiger charge is 2.19. The van der Waals surface area contributed by atoms with E-state index in [9.17, 15) is 13.2 Å². The molecule has 0 heterocycles. The van der Waals surface area contributed by atoms with Crippen LogP contribution in [0, 0.1) is 0 Å². The third kappa shape index (κ3) is 4.41. The van der Waals surface area contributed by atoms with Crippen molar-refractivity contribution in [2.24, 2.45) is 0 Å². The molecule has 0 aliphatic heterocycles. The zero-order chi connectivity index (χ0) is 12.2. The van der Waals surface area contributed by atoms with Crippen molar-refractivity contribution >= 4 is 16.0 Å². The van der Waals surface area contributed by atoms with Gasteiger partial charge in [0, 0.05) is 6.92 Å². The molecule has 5 nitrogen and oxygen atoms in total. The van der Waals surface area contributed by atoms with Crippen molar-refractivity contribution in [2.75, 3.05) is 5.75 Å². The molecule has 2 N–H and O–H groups in total. The number of nitrogens with one attached hydrogen (secondary N) is 1. The van der Waals surface area contributed by atoms with Crippen LogP contribution in [0.4, 0.5) is 0 Å². The Hall–Kier alpha value is -1.40. The predicted molar refractivity (Wildman–Crippen MR) is 59.4 cm³/mol. The normalized spacial score (nSPS) is 13.1. The number of rotatable bonds is 4. The van der Waals surface area contributed by atoms with Gasteiger partial charge in [0.05, 0.1) is 11.8 Å². The largest absolute Gasteiger partial charge is 0.348 e. The maximum absolute atomic E-state index is 10.9. The smallest absolute Gasteiger partial charge is 0.267 e. The first-order chi connectivity index (χ1) is 7.38. The molecular weight excluding hydrogens is 230 g/mol. The highest BCUT2D eigenvalue weighted by molar-refractivity contribution is 7.85. The van der Waals surface area contributed by atoms with Crippen molar-refractivity contribution in [2.45, 2.75) is 13.0 Å². The third-order valence-electron chi connectivity index (χ3n) is 1.96. The molecule has 0 bridgehead atoms. The Morgan fingerprint density at radius 1 is 1.38 bits per heavy atom. The summed E-state index contributed by atoms with van der Waals surface area (Å²) in [6.45, 7) is 1.29. The van der Waals surface area contributed by atoms with Gasteiger partial charge in [-0.15, -0.1) is 0 Å². The van der Waals surface area contributed by atoms with Crippen LogP contribution >= 0.6 is 0 Å². The highest BCUT2D eigenvalue weighted by atomic mass is 32.2. The average Bonchev–Trinajstić information content (AvgIpc) is 2.15. The quantitative estimate of drug-likeness (QED) is 0.764. The molecule has 1 aromatic rings. The maximum atomic E-state index is 10.9. The van der Waals surface area contributed by atoms with Gasteiger partial charge in [0.1, 0.15) is 0 Å². The summed E-state index contributed by atoms with van der Waals surface area (Å²) in [6, 6.07) is 7.88. The molecule has 0 aliphatic rings. The molecule has 16 heavy (non-hydrogen) atoms. The minimum absolute atomic E-state index is 0.350. The molecular formula is C10H13NO4S. The molecule has 0 spiro atoms. The topological polar surface area (TPSA) is 83.5 Å². The molecule has 88 valence electrons. The van der Waals surface area contributed by atoms with Crippen LogP contribution in [0.25, 0.3) is 0 Å². The fourth-order valence-electron chi connectivity index (χ4n) is 1.36. The summed E-state index contributed by atoms with van der Waals surface area (Å²) in [5.74, 6) is -0.881. The van der Waals surface area contributed by atoms with Crippen LogP contribution in [0.15, 0.2) is 30.3 Å². The fourth-order valence-corrected chi connectivity index (χ4v) is 2.06. The summed E-state index contributed by atoms with van der Waals surface area (Å²) < 4.78 is 30.4. The van der Waals surface area contributed by atoms with Crippen molar-refractivity contribution < 1.29 is 17.8 Å². The Labute approximate surface area is 94.2 Å². The van der Waals surface area contributed by atoms with Crippen LogP contribution in [0.1, 0.15) is 18.5 Å². The van der Waals surface area contributed by atoms with Gasteiger partial charge in [0.15, 0.2) is 0 Å². The van der Waals surface area contributed by atoms with Crippen LogP contribution < -0.4 is 5.32 Å². The van der Waals surface area contributed by atoms with Gasteiger partial charge in [0.2, 0.25) is 5.91 Å². The summed E-state index contributed by atoms with van der Waals surface area (Å²) in [6.07, 6.45) is 0. The zero-order valence-corrected chi connectivity index (χ0v) is 9.57. The lowest BCUT2D eigenvalue weighted by Crippen LogP contribution is -2.31. The van der Waals surface area contributed by atoms with E-state index in [1.54, 1.807) is 30.3 Å². The van der Waals surface area contributed by atoms with Crippen molar-refractivity contribution in [1.82, 2.24) is 5.32 Å². The summed E-state index contributed by atoms with van der Waals surface area (Å²) in [5.41, 5.74) is 0.635. The second kappa shape index (κ2) is 5.09. The van der Waals surface area contributed by atoms with E-state index in [2.05, 4.69) is 5.32 Å². The summed E-state index contributed by atoms with van der Waals surface area (Å²) in [5, 5.41) is 2.47. The number of carbonyl (C=O) groups excluding carboxylic acids is 1. The molecule has 0 saturated carbocycles. The first-order valence-electron chi connectivity index (χ1n) is 4.65. The monoisotopic (exact) mass is 243 g/mol. The van der Waals surface area contributed by atoms with E-state index in [4.69, 9.17) is 4.55 Å². The molecule has 1 aromatic carbocycles. The predicted octanol–water partition coefficient (Wildman–Crippen LogP) is 0.752. The van der Waals surface area contributed by atoms with E-state index >= 15 is 0 Å². The summed E-state index contributed by atoms with van der Waals surface area (Å²) in [4.78, 5) is 10.9. The molecule has 0 radical (unpaired) electrons. The van der Waals surface area contributed by atoms with Crippen LogP contribution in [-0.2, 0) is 14.9 Å². The maximum Gasteiger partial charge on any atom is 0.267 e. The van der Waals surface area contributed by atoms with E-state index in [-0.39, 0.29) is 5.91 Å². The zero-order valence-electron chi connectivity index (χ0n) is 8.75. The first kappa shape index (κ1) is 12.7. The number of benzene rings is 1. The Kier molecular flexibility index (Phi) is 4.03. The average molecular weight is 243 g/mol. The van der Waals surface area contributed by atoms with Crippen molar-refractivity contribution in [3.63, 3.8) is 0 Å². The molecule has 0 aromatic heterocycles. The summed E-state index contributed by atoms with van der Waals surface area (Å²) in [7, 11) is -4.13. The van der Waals surface area contributed by atoms with Gasteiger partial charge in [-0.05, 0) is 5.56 Å². The van der Waals surface area contributed by atoms with Gasteiger partial charge in [-0.2, -0.15) is 8.42 Å². The number of hydrogen-bond acceptors (Lipinski definition) is 3. The second-order valence-corrected chi connectivity index (χ2v) is 4.91. The SMILES string of the molecule is CC(=O)NC(CS(=O)(=O)O)c1ccccc1. The Morgan fingerprint density at radius 2 is 1.94 bits per heavy atom. The number of amides is 1. The van der Waals surface area contributed by atoms with E-state index in [0.717, 1.165) is 0 Å². The Morgan fingerprint density at radius 3 is 2.38 bits per heavy atom. The summed E-state index contributed by atoms with van der Waals surface area (Å²) >= 11 is 0. The van der Waals surface area contributed by atoms with Crippen LogP contribution in [-0.4, -0.2) is 24.6 Å². The number of carbonyl (C=O) groups is 1. The number of hydrogen-bond donors (Lipinski definition) is 2. The molecule has 6 heteroatoms. The van der Waals surface area contributed by atoms with Crippen molar-refractivity contribution in [3.05, 3.63) is 35.9 Å². The van der Waals surface area contributed by atoms with Crippen LogP contribution in [0.2, 0.25) is 0 Å². The lowest BCUT2D eigenvalue weighted by molar-refractivity contribution is -0.119. The standard InChI is InChI=1S/C10H13NO4S/c1-8(12)11-10(7-16(13,14)15)9-5-3-2-4-6-9/h2-6,10H,7H2,1H3,(H,11,12)(H,13,14,15). The molecule has 0 saturated heterocycles. The van der Waals surface area contributed by atoms with E-state index < -0.39 is 21.9 Å². The Bertz CT molecular complexity index is 455. The fraction of sp³-hybridized carbons (Fsp3) is 0.300. The van der Waals surface area contributed by atoms with Gasteiger partial charge in [-0.1, -0.05) is 30.3 Å². The van der Waals surface area contributed by atoms with Gasteiger partial charge in [-0.3, -0.25) is 9.35 Å².